The summed E-state index contributed by atoms with van der Waals surface area (Å²) in [6.07, 6.45) is 2.72. The Balaban J connectivity index is 1.75. The number of benzene rings is 2. The third-order valence-electron chi connectivity index (χ3n) is 5.75. The number of aryl methyl sites for hydroxylation is 1. The number of rotatable bonds is 10. The van der Waals surface area contributed by atoms with E-state index in [1.165, 1.54) is 16.8 Å². The van der Waals surface area contributed by atoms with Crippen molar-refractivity contribution < 1.29 is 13.6 Å². The third kappa shape index (κ3) is 5.70. The van der Waals surface area contributed by atoms with Crippen LogP contribution in [0.4, 0.5) is 23.0 Å². The van der Waals surface area contributed by atoms with Gasteiger partial charge in [-0.25, -0.2) is 15.0 Å². The van der Waals surface area contributed by atoms with Crippen molar-refractivity contribution in [2.24, 2.45) is 6.98 Å². The molecular formula is C27H32N8O2. The smallest absolute Gasteiger partial charge is 0.247 e. The highest BCUT2D eigenvalue weighted by Gasteiger charge is 2.17. The Bertz CT molecular complexity index is 1530. The molecule has 0 saturated heterocycles. The quantitative estimate of drug-likeness (QED) is 0.314. The summed E-state index contributed by atoms with van der Waals surface area (Å²) in [5.74, 6) is 0.511. The Hall–Kier alpha value is -4.44. The number of anilines is 4. The van der Waals surface area contributed by atoms with Crippen molar-refractivity contribution in [2.45, 2.75) is 0 Å². The van der Waals surface area contributed by atoms with Gasteiger partial charge in [-0.1, -0.05) is 18.7 Å². The standard InChI is InChI=1S/C27H32N8O2/c1-7-25(36)29-20-16-21(24(37-6)17-23(20)34(4)15-14-33(2)3)32-27-28-13-12-19(31-27)26-30-18-10-8-9-11-22(18)35(26)5/h7-13,16-17H,1,14-15H2,2-6H3,(H,29,36)(H,28,31,32)/i5D3. The molecule has 0 bridgehead atoms. The van der Waals surface area contributed by atoms with Crippen molar-refractivity contribution in [3.63, 3.8) is 0 Å². The number of methoxy groups -OCH3 is 1. The van der Waals surface area contributed by atoms with Gasteiger partial charge in [0.1, 0.15) is 11.4 Å². The summed E-state index contributed by atoms with van der Waals surface area (Å²) in [4.78, 5) is 29.8. The first kappa shape index (κ1) is 21.8. The van der Waals surface area contributed by atoms with E-state index >= 15 is 0 Å². The Morgan fingerprint density at radius 2 is 1.97 bits per heavy atom. The average molecular weight is 504 g/mol. The lowest BCUT2D eigenvalue weighted by Crippen LogP contribution is -2.29. The minimum absolute atomic E-state index is 0.189. The fourth-order valence-corrected chi connectivity index (χ4v) is 3.77. The summed E-state index contributed by atoms with van der Waals surface area (Å²) in [7, 11) is 7.45. The molecule has 1 amide bonds. The van der Waals surface area contributed by atoms with Crippen LogP contribution < -0.4 is 20.3 Å². The molecule has 0 saturated carbocycles. The van der Waals surface area contributed by atoms with Gasteiger partial charge in [-0.2, -0.15) is 0 Å². The highest BCUT2D eigenvalue weighted by atomic mass is 16.5. The van der Waals surface area contributed by atoms with Gasteiger partial charge in [0.25, 0.3) is 0 Å². The number of imidazole rings is 1. The molecule has 192 valence electrons. The van der Waals surface area contributed by atoms with Crippen molar-refractivity contribution in [1.29, 1.82) is 0 Å². The summed E-state index contributed by atoms with van der Waals surface area (Å²) in [6, 6.07) is 12.2. The van der Waals surface area contributed by atoms with Crippen LogP contribution in [0.3, 0.4) is 0 Å². The van der Waals surface area contributed by atoms with Gasteiger partial charge in [0.05, 0.1) is 35.2 Å². The lowest BCUT2D eigenvalue weighted by atomic mass is 10.2. The lowest BCUT2D eigenvalue weighted by Gasteiger charge is -2.26. The maximum atomic E-state index is 12.2. The monoisotopic (exact) mass is 503 g/mol. The molecule has 0 fully saturated rings. The van der Waals surface area contributed by atoms with Crippen LogP contribution in [0.5, 0.6) is 5.75 Å². The van der Waals surface area contributed by atoms with Crippen LogP contribution in [0.2, 0.25) is 0 Å². The molecule has 0 spiro atoms. The zero-order valence-electron chi connectivity index (χ0n) is 24.3. The number of carbonyl (C=O) groups is 1. The first-order valence-electron chi connectivity index (χ1n) is 13.1. The number of para-hydroxylation sites is 2. The molecule has 0 aliphatic carbocycles. The van der Waals surface area contributed by atoms with Gasteiger partial charge in [0.15, 0.2) is 5.82 Å². The molecule has 37 heavy (non-hydrogen) atoms. The molecule has 2 heterocycles. The number of aromatic nitrogens is 4. The van der Waals surface area contributed by atoms with Crippen LogP contribution in [-0.4, -0.2) is 71.7 Å². The molecule has 4 aromatic rings. The number of hydrogen-bond acceptors (Lipinski definition) is 8. The minimum atomic E-state index is -2.47. The van der Waals surface area contributed by atoms with Crippen LogP contribution in [0.25, 0.3) is 22.6 Å². The number of nitrogens with one attached hydrogen (secondary N) is 2. The molecule has 0 unspecified atom stereocenters. The Kier molecular flexibility index (Phi) is 6.54. The highest BCUT2D eigenvalue weighted by molar-refractivity contribution is 6.02. The van der Waals surface area contributed by atoms with Crippen LogP contribution in [0.1, 0.15) is 4.11 Å². The maximum Gasteiger partial charge on any atom is 0.247 e. The molecule has 2 N–H and O–H groups in total. The minimum Gasteiger partial charge on any atom is -0.494 e. The fraction of sp³-hybridized carbons (Fsp3) is 0.259. The van der Waals surface area contributed by atoms with Crippen LogP contribution in [-0.2, 0) is 11.8 Å². The highest BCUT2D eigenvalue weighted by Crippen LogP contribution is 2.38. The second kappa shape index (κ2) is 11.1. The summed E-state index contributed by atoms with van der Waals surface area (Å²) in [5.41, 5.74) is 3.12. The average Bonchev–Trinajstić information content (AvgIpc) is 3.32. The van der Waals surface area contributed by atoms with E-state index in [2.05, 4.69) is 37.1 Å². The van der Waals surface area contributed by atoms with E-state index in [1.807, 2.05) is 32.1 Å². The number of carbonyl (C=O) groups excluding carboxylic acids is 1. The van der Waals surface area contributed by atoms with Gasteiger partial charge in [-0.15, -0.1) is 0 Å². The van der Waals surface area contributed by atoms with Crippen molar-refractivity contribution in [2.75, 3.05) is 56.9 Å². The van der Waals surface area contributed by atoms with Crippen LogP contribution in [0, 0.1) is 0 Å². The molecule has 4 rings (SSSR count). The maximum absolute atomic E-state index is 12.2. The molecule has 2 aromatic heterocycles. The van der Waals surface area contributed by atoms with Crippen molar-refractivity contribution >= 4 is 40.0 Å². The largest absolute Gasteiger partial charge is 0.494 e. The summed E-state index contributed by atoms with van der Waals surface area (Å²) < 4.78 is 31.1. The second-order valence-electron chi connectivity index (χ2n) is 8.64. The first-order chi connectivity index (χ1) is 19.0. The predicted molar refractivity (Wildman–Crippen MR) is 149 cm³/mol. The van der Waals surface area contributed by atoms with Gasteiger partial charge in [0.2, 0.25) is 11.9 Å². The zero-order valence-corrected chi connectivity index (χ0v) is 21.3. The molecule has 0 aliphatic rings. The topological polar surface area (TPSA) is 100 Å². The summed E-state index contributed by atoms with van der Waals surface area (Å²) in [5, 5.41) is 6.00. The number of likely N-dealkylation sites (N-methyl/N-ethyl adjacent to an activating group) is 2. The normalized spacial score (nSPS) is 12.5. The van der Waals surface area contributed by atoms with E-state index in [4.69, 9.17) is 8.85 Å². The van der Waals surface area contributed by atoms with E-state index in [-0.39, 0.29) is 17.7 Å². The zero-order chi connectivity index (χ0) is 29.0. The van der Waals surface area contributed by atoms with Gasteiger partial charge in [-0.05, 0) is 44.4 Å². The van der Waals surface area contributed by atoms with Crippen molar-refractivity contribution in [3.05, 3.63) is 61.3 Å². The molecule has 0 aliphatic heterocycles. The fourth-order valence-electron chi connectivity index (χ4n) is 3.77. The molecule has 10 nitrogen and oxygen atoms in total. The van der Waals surface area contributed by atoms with Crippen LogP contribution >= 0.6 is 0 Å². The number of hydrogen-bond donors (Lipinski definition) is 2. The van der Waals surface area contributed by atoms with Gasteiger partial charge < -0.3 is 29.7 Å². The number of amides is 1. The Morgan fingerprint density at radius 1 is 1.16 bits per heavy atom. The number of fused-ring (bicyclic) bond motifs is 1. The van der Waals surface area contributed by atoms with Crippen LogP contribution in [0.15, 0.2) is 61.3 Å². The predicted octanol–water partition coefficient (Wildman–Crippen LogP) is 3.90. The Labute approximate surface area is 220 Å². The van der Waals surface area contributed by atoms with Gasteiger partial charge in [-0.3, -0.25) is 4.79 Å². The Morgan fingerprint density at radius 3 is 2.70 bits per heavy atom. The van der Waals surface area contributed by atoms with Gasteiger partial charge in [0, 0.05) is 43.5 Å². The number of nitrogens with zero attached hydrogens (tertiary/aromatic N) is 6. The number of ether oxygens (including phenoxy) is 1. The van der Waals surface area contributed by atoms with E-state index < -0.39 is 6.98 Å². The first-order valence-corrected chi connectivity index (χ1v) is 11.6. The van der Waals surface area contributed by atoms with Crippen molar-refractivity contribution in [1.82, 2.24) is 24.4 Å². The second-order valence-corrected chi connectivity index (χ2v) is 8.64. The molecular weight excluding hydrogens is 468 g/mol. The summed E-state index contributed by atoms with van der Waals surface area (Å²) >= 11 is 0. The lowest BCUT2D eigenvalue weighted by molar-refractivity contribution is -0.111. The molecule has 0 radical (unpaired) electrons. The molecule has 10 heteroatoms. The molecule has 2 aromatic carbocycles. The van der Waals surface area contributed by atoms with E-state index in [9.17, 15) is 4.79 Å². The SMILES string of the molecule is [2H]C([2H])([2H])n1c(-c2ccnc(Nc3cc(NC(=O)C=C)c(N(C)CCN(C)C)cc3OC)n2)nc2ccccc21. The van der Waals surface area contributed by atoms with Crippen molar-refractivity contribution in [3.8, 4) is 17.3 Å². The molecule has 0 atom stereocenters. The van der Waals surface area contributed by atoms with Gasteiger partial charge >= 0.3 is 0 Å². The third-order valence-corrected chi connectivity index (χ3v) is 5.75. The summed E-state index contributed by atoms with van der Waals surface area (Å²) in [6.45, 7) is 2.59. The van der Waals surface area contributed by atoms with E-state index in [1.54, 1.807) is 43.5 Å². The van der Waals surface area contributed by atoms with E-state index in [0.717, 1.165) is 12.2 Å². The van der Waals surface area contributed by atoms with E-state index in [0.29, 0.717) is 40.4 Å².